The smallest absolute Gasteiger partial charge is 0.264 e. The summed E-state index contributed by atoms with van der Waals surface area (Å²) in [5, 5.41) is 0. The van der Waals surface area contributed by atoms with Gasteiger partial charge >= 0.3 is 0 Å². The third kappa shape index (κ3) is 5.49. The molecule has 2 aromatic rings. The highest BCUT2D eigenvalue weighted by molar-refractivity contribution is 7.85. The summed E-state index contributed by atoms with van der Waals surface area (Å²) in [6.45, 7) is -0.0242. The number of hydrogen-bond donors (Lipinski definition) is 0. The van der Waals surface area contributed by atoms with Crippen molar-refractivity contribution in [3.05, 3.63) is 59.5 Å². The molecule has 0 atom stereocenters. The molecule has 0 spiro atoms. The molecule has 2 rings (SSSR count). The Balaban J connectivity index is 2.04. The second kappa shape index (κ2) is 6.64. The first-order valence-electron chi connectivity index (χ1n) is 6.10. The Labute approximate surface area is 122 Å². The van der Waals surface area contributed by atoms with E-state index in [1.807, 2.05) is 30.3 Å². The summed E-state index contributed by atoms with van der Waals surface area (Å²) >= 11 is 0. The standard InChI is InChI=1S/C14H14FNO4S/c1-21(17,18)20-10-12-7-13(15)16-14(8-12)19-9-11-5-3-2-4-6-11/h2-8H,9-10H2,1H3. The van der Waals surface area contributed by atoms with Gasteiger partial charge in [-0.05, 0) is 17.2 Å². The van der Waals surface area contributed by atoms with Gasteiger partial charge < -0.3 is 4.74 Å². The number of aromatic nitrogens is 1. The van der Waals surface area contributed by atoms with E-state index in [2.05, 4.69) is 9.17 Å². The minimum Gasteiger partial charge on any atom is -0.473 e. The Morgan fingerprint density at radius 3 is 2.48 bits per heavy atom. The van der Waals surface area contributed by atoms with E-state index in [1.165, 1.54) is 6.07 Å². The number of pyridine rings is 1. The van der Waals surface area contributed by atoms with Crippen LogP contribution in [0.25, 0.3) is 0 Å². The van der Waals surface area contributed by atoms with E-state index in [0.29, 0.717) is 5.56 Å². The van der Waals surface area contributed by atoms with Gasteiger partial charge in [0, 0.05) is 6.07 Å². The van der Waals surface area contributed by atoms with E-state index < -0.39 is 16.1 Å². The molecule has 1 aromatic heterocycles. The van der Waals surface area contributed by atoms with Gasteiger partial charge in [-0.15, -0.1) is 0 Å². The zero-order valence-corrected chi connectivity index (χ0v) is 12.1. The first kappa shape index (κ1) is 15.4. The molecule has 0 radical (unpaired) electrons. The highest BCUT2D eigenvalue weighted by Gasteiger charge is 2.07. The van der Waals surface area contributed by atoms with Crippen LogP contribution < -0.4 is 4.74 Å². The quantitative estimate of drug-likeness (QED) is 0.605. The molecule has 0 aliphatic carbocycles. The van der Waals surface area contributed by atoms with Crippen LogP contribution >= 0.6 is 0 Å². The van der Waals surface area contributed by atoms with Crippen molar-refractivity contribution in [3.8, 4) is 5.88 Å². The van der Waals surface area contributed by atoms with Crippen molar-refractivity contribution >= 4 is 10.1 Å². The lowest BCUT2D eigenvalue weighted by Crippen LogP contribution is -2.04. The molecule has 1 heterocycles. The Bertz CT molecular complexity index is 704. The molecular weight excluding hydrogens is 297 g/mol. The third-order valence-electron chi connectivity index (χ3n) is 2.50. The SMILES string of the molecule is CS(=O)(=O)OCc1cc(F)nc(OCc2ccccc2)c1. The Hall–Kier alpha value is -1.99. The van der Waals surface area contributed by atoms with Gasteiger partial charge in [0.25, 0.3) is 10.1 Å². The topological polar surface area (TPSA) is 65.5 Å². The molecule has 7 heteroatoms. The fourth-order valence-electron chi connectivity index (χ4n) is 1.59. The Morgan fingerprint density at radius 2 is 1.81 bits per heavy atom. The summed E-state index contributed by atoms with van der Waals surface area (Å²) in [6, 6.07) is 11.9. The van der Waals surface area contributed by atoms with Crippen LogP contribution in [0.15, 0.2) is 42.5 Å². The monoisotopic (exact) mass is 311 g/mol. The normalized spacial score (nSPS) is 11.3. The van der Waals surface area contributed by atoms with Gasteiger partial charge in [0.05, 0.1) is 12.9 Å². The highest BCUT2D eigenvalue weighted by atomic mass is 32.2. The molecule has 0 fully saturated rings. The van der Waals surface area contributed by atoms with E-state index in [0.717, 1.165) is 17.9 Å². The number of hydrogen-bond acceptors (Lipinski definition) is 5. The van der Waals surface area contributed by atoms with Gasteiger partial charge in [-0.25, -0.2) is 0 Å². The summed E-state index contributed by atoms with van der Waals surface area (Å²) < 4.78 is 45.2. The number of rotatable bonds is 6. The molecule has 0 aliphatic heterocycles. The minimum absolute atomic E-state index is 0.0750. The van der Waals surface area contributed by atoms with E-state index in [4.69, 9.17) is 4.74 Å². The van der Waals surface area contributed by atoms with Gasteiger partial charge in [0.15, 0.2) is 0 Å². The van der Waals surface area contributed by atoms with Crippen molar-refractivity contribution in [2.24, 2.45) is 0 Å². The zero-order valence-electron chi connectivity index (χ0n) is 11.3. The van der Waals surface area contributed by atoms with Crippen LogP contribution in [-0.2, 0) is 27.5 Å². The maximum absolute atomic E-state index is 13.4. The van der Waals surface area contributed by atoms with E-state index in [-0.39, 0.29) is 19.1 Å². The average Bonchev–Trinajstić information content (AvgIpc) is 2.43. The number of ether oxygens (including phenoxy) is 1. The first-order valence-corrected chi connectivity index (χ1v) is 7.91. The molecule has 112 valence electrons. The minimum atomic E-state index is -3.59. The van der Waals surface area contributed by atoms with Gasteiger partial charge in [0.1, 0.15) is 6.61 Å². The van der Waals surface area contributed by atoms with E-state index >= 15 is 0 Å². The predicted octanol–water partition coefficient (Wildman–Crippen LogP) is 2.28. The molecule has 0 saturated heterocycles. The molecular formula is C14H14FNO4S. The molecule has 0 unspecified atom stereocenters. The molecule has 0 amide bonds. The molecule has 0 aliphatic rings. The lowest BCUT2D eigenvalue weighted by atomic mass is 10.2. The van der Waals surface area contributed by atoms with Crippen LogP contribution in [0.1, 0.15) is 11.1 Å². The van der Waals surface area contributed by atoms with Crippen molar-refractivity contribution in [1.82, 2.24) is 4.98 Å². The maximum Gasteiger partial charge on any atom is 0.264 e. The van der Waals surface area contributed by atoms with Crippen LogP contribution in [0.5, 0.6) is 5.88 Å². The second-order valence-electron chi connectivity index (χ2n) is 4.38. The van der Waals surface area contributed by atoms with E-state index in [1.54, 1.807) is 0 Å². The maximum atomic E-state index is 13.4. The molecule has 0 N–H and O–H groups in total. The Kier molecular flexibility index (Phi) is 4.87. The van der Waals surface area contributed by atoms with Gasteiger partial charge in [-0.3, -0.25) is 4.18 Å². The summed E-state index contributed by atoms with van der Waals surface area (Å²) in [5.74, 6) is -0.682. The van der Waals surface area contributed by atoms with Crippen LogP contribution in [0.2, 0.25) is 0 Å². The number of benzene rings is 1. The fraction of sp³-hybridized carbons (Fsp3) is 0.214. The van der Waals surface area contributed by atoms with Gasteiger partial charge in [-0.2, -0.15) is 17.8 Å². The molecule has 0 bridgehead atoms. The largest absolute Gasteiger partial charge is 0.473 e. The van der Waals surface area contributed by atoms with Crippen LogP contribution in [0, 0.1) is 5.95 Å². The fourth-order valence-corrected chi connectivity index (χ4v) is 1.94. The van der Waals surface area contributed by atoms with Crippen molar-refractivity contribution in [2.45, 2.75) is 13.2 Å². The first-order chi connectivity index (χ1) is 9.92. The lowest BCUT2D eigenvalue weighted by molar-refractivity contribution is 0.283. The highest BCUT2D eigenvalue weighted by Crippen LogP contribution is 2.15. The van der Waals surface area contributed by atoms with Crippen molar-refractivity contribution in [2.75, 3.05) is 6.26 Å². The molecule has 5 nitrogen and oxygen atoms in total. The summed E-state index contributed by atoms with van der Waals surface area (Å²) in [6.07, 6.45) is 0.928. The summed E-state index contributed by atoms with van der Waals surface area (Å²) in [5.41, 5.74) is 1.24. The lowest BCUT2D eigenvalue weighted by Gasteiger charge is -2.07. The van der Waals surface area contributed by atoms with Crippen LogP contribution in [-0.4, -0.2) is 19.7 Å². The Morgan fingerprint density at radius 1 is 1.10 bits per heavy atom. The predicted molar refractivity (Wildman–Crippen MR) is 74.6 cm³/mol. The van der Waals surface area contributed by atoms with Gasteiger partial charge in [0.2, 0.25) is 11.8 Å². The van der Waals surface area contributed by atoms with Crippen molar-refractivity contribution < 1.29 is 21.7 Å². The van der Waals surface area contributed by atoms with Crippen LogP contribution in [0.3, 0.4) is 0 Å². The van der Waals surface area contributed by atoms with Crippen LogP contribution in [0.4, 0.5) is 4.39 Å². The summed E-state index contributed by atoms with van der Waals surface area (Å²) in [4.78, 5) is 3.60. The number of nitrogens with zero attached hydrogens (tertiary/aromatic N) is 1. The number of halogens is 1. The molecule has 1 aromatic carbocycles. The average molecular weight is 311 g/mol. The van der Waals surface area contributed by atoms with Crippen molar-refractivity contribution in [3.63, 3.8) is 0 Å². The van der Waals surface area contributed by atoms with E-state index in [9.17, 15) is 12.8 Å². The summed E-state index contributed by atoms with van der Waals surface area (Å²) in [7, 11) is -3.59. The van der Waals surface area contributed by atoms with Crippen molar-refractivity contribution in [1.29, 1.82) is 0 Å². The zero-order chi connectivity index (χ0) is 15.3. The van der Waals surface area contributed by atoms with Gasteiger partial charge in [-0.1, -0.05) is 30.3 Å². The second-order valence-corrected chi connectivity index (χ2v) is 6.02. The molecule has 21 heavy (non-hydrogen) atoms. The third-order valence-corrected chi connectivity index (χ3v) is 3.05. The molecule has 0 saturated carbocycles.